The fraction of sp³-hybridized carbons (Fsp3) is 0.867. The first kappa shape index (κ1) is 15.4. The fourth-order valence-corrected chi connectivity index (χ4v) is 3.11. The molecule has 0 bridgehead atoms. The summed E-state index contributed by atoms with van der Waals surface area (Å²) in [5, 5.41) is 7.49. The molecule has 1 aromatic heterocycles. The molecule has 2 atom stereocenters. The largest absolute Gasteiger partial charge is 0.370 e. The third kappa shape index (κ3) is 3.79. The number of nitrogens with zero attached hydrogens (tertiary/aromatic N) is 2. The van der Waals surface area contributed by atoms with E-state index in [0.717, 1.165) is 24.7 Å². The monoisotopic (exact) mass is 281 g/mol. The van der Waals surface area contributed by atoms with Gasteiger partial charge < -0.3 is 14.6 Å². The Balaban J connectivity index is 1.96. The molecule has 1 saturated carbocycles. The van der Waals surface area contributed by atoms with Crippen LogP contribution in [-0.4, -0.2) is 29.8 Å². The van der Waals surface area contributed by atoms with Crippen molar-refractivity contribution in [2.24, 2.45) is 5.92 Å². The number of hydrogen-bond acceptors (Lipinski definition) is 5. The predicted molar refractivity (Wildman–Crippen MR) is 77.5 cm³/mol. The molecule has 1 aromatic rings. The van der Waals surface area contributed by atoms with Gasteiger partial charge in [0.15, 0.2) is 0 Å². The van der Waals surface area contributed by atoms with Gasteiger partial charge in [-0.2, -0.15) is 4.98 Å². The first-order chi connectivity index (χ1) is 9.78. The molecule has 0 saturated heterocycles. The average Bonchev–Trinajstić information content (AvgIpc) is 3.13. The Morgan fingerprint density at radius 3 is 2.70 bits per heavy atom. The van der Waals surface area contributed by atoms with E-state index in [0.29, 0.717) is 18.5 Å². The molecule has 1 aliphatic rings. The lowest BCUT2D eigenvalue weighted by Crippen LogP contribution is -2.34. The summed E-state index contributed by atoms with van der Waals surface area (Å²) in [7, 11) is 2.02. The van der Waals surface area contributed by atoms with Gasteiger partial charge in [-0.3, -0.25) is 0 Å². The predicted octanol–water partition coefficient (Wildman–Crippen LogP) is 2.88. The van der Waals surface area contributed by atoms with E-state index in [1.54, 1.807) is 0 Å². The molecule has 114 valence electrons. The van der Waals surface area contributed by atoms with Crippen LogP contribution in [0.2, 0.25) is 0 Å². The first-order valence-electron chi connectivity index (χ1n) is 7.89. The van der Waals surface area contributed by atoms with Crippen molar-refractivity contribution in [1.29, 1.82) is 0 Å². The molecule has 5 nitrogen and oxygen atoms in total. The molecule has 1 aliphatic carbocycles. The lowest BCUT2D eigenvalue weighted by atomic mass is 9.95. The van der Waals surface area contributed by atoms with Gasteiger partial charge in [0, 0.05) is 19.1 Å². The van der Waals surface area contributed by atoms with Gasteiger partial charge in [-0.05, 0) is 39.2 Å². The van der Waals surface area contributed by atoms with Crippen LogP contribution in [0.4, 0.5) is 0 Å². The van der Waals surface area contributed by atoms with E-state index in [4.69, 9.17) is 9.26 Å². The van der Waals surface area contributed by atoms with Crippen LogP contribution in [0.1, 0.15) is 63.8 Å². The molecule has 2 unspecified atom stereocenters. The maximum absolute atomic E-state index is 5.62. The number of aromatic nitrogens is 2. The van der Waals surface area contributed by atoms with E-state index in [9.17, 15) is 0 Å². The van der Waals surface area contributed by atoms with Crippen molar-refractivity contribution in [3.8, 4) is 0 Å². The fourth-order valence-electron chi connectivity index (χ4n) is 3.11. The van der Waals surface area contributed by atoms with Crippen LogP contribution in [0.15, 0.2) is 4.52 Å². The molecule has 5 heteroatoms. The van der Waals surface area contributed by atoms with E-state index >= 15 is 0 Å². The SMILES string of the molecule is CCOC(CC)c1noc(CC(NC)C2CCCC2)n1. The second-order valence-corrected chi connectivity index (χ2v) is 5.54. The van der Waals surface area contributed by atoms with Gasteiger partial charge in [0.05, 0.1) is 0 Å². The summed E-state index contributed by atoms with van der Waals surface area (Å²) in [5.74, 6) is 2.15. The Hall–Kier alpha value is -0.940. The molecule has 0 amide bonds. The molecule has 0 aliphatic heterocycles. The Morgan fingerprint density at radius 2 is 2.10 bits per heavy atom. The van der Waals surface area contributed by atoms with Crippen molar-refractivity contribution in [2.75, 3.05) is 13.7 Å². The second-order valence-electron chi connectivity index (χ2n) is 5.54. The molecule has 1 N–H and O–H groups in total. The molecule has 0 aromatic carbocycles. The van der Waals surface area contributed by atoms with Gasteiger partial charge >= 0.3 is 0 Å². The molecular formula is C15H27N3O2. The summed E-state index contributed by atoms with van der Waals surface area (Å²) in [6.07, 6.45) is 6.95. The summed E-state index contributed by atoms with van der Waals surface area (Å²) < 4.78 is 11.0. The van der Waals surface area contributed by atoms with Crippen LogP contribution in [0.25, 0.3) is 0 Å². The van der Waals surface area contributed by atoms with Crippen molar-refractivity contribution >= 4 is 0 Å². The molecule has 2 rings (SSSR count). The Morgan fingerprint density at radius 1 is 1.35 bits per heavy atom. The highest BCUT2D eigenvalue weighted by Crippen LogP contribution is 2.29. The molecule has 20 heavy (non-hydrogen) atoms. The lowest BCUT2D eigenvalue weighted by Gasteiger charge is -2.20. The van der Waals surface area contributed by atoms with Gasteiger partial charge in [-0.15, -0.1) is 0 Å². The van der Waals surface area contributed by atoms with Gasteiger partial charge in [0.2, 0.25) is 11.7 Å². The standard InChI is InChI=1S/C15H27N3O2/c1-4-13(19-5-2)15-17-14(20-18-15)10-12(16-3)11-8-6-7-9-11/h11-13,16H,4-10H2,1-3H3. The highest BCUT2D eigenvalue weighted by molar-refractivity contribution is 4.95. The smallest absolute Gasteiger partial charge is 0.228 e. The van der Waals surface area contributed by atoms with Crippen molar-refractivity contribution < 1.29 is 9.26 Å². The Bertz CT molecular complexity index is 388. The normalized spacial score (nSPS) is 19.4. The molecular weight excluding hydrogens is 254 g/mol. The average molecular weight is 281 g/mol. The Kier molecular flexibility index (Phi) is 5.98. The number of nitrogens with one attached hydrogen (secondary N) is 1. The number of hydrogen-bond donors (Lipinski definition) is 1. The van der Waals surface area contributed by atoms with Gasteiger partial charge in [0.25, 0.3) is 0 Å². The minimum atomic E-state index is -0.0444. The second kappa shape index (κ2) is 7.74. The highest BCUT2D eigenvalue weighted by Gasteiger charge is 2.26. The zero-order chi connectivity index (χ0) is 14.4. The summed E-state index contributed by atoms with van der Waals surface area (Å²) in [4.78, 5) is 4.52. The van der Waals surface area contributed by atoms with Crippen LogP contribution >= 0.6 is 0 Å². The van der Waals surface area contributed by atoms with Crippen LogP contribution in [-0.2, 0) is 11.2 Å². The van der Waals surface area contributed by atoms with E-state index in [1.807, 2.05) is 14.0 Å². The summed E-state index contributed by atoms with van der Waals surface area (Å²) in [6.45, 7) is 4.73. The number of ether oxygens (including phenoxy) is 1. The van der Waals surface area contributed by atoms with Crippen molar-refractivity contribution in [3.05, 3.63) is 11.7 Å². The van der Waals surface area contributed by atoms with Gasteiger partial charge in [-0.25, -0.2) is 0 Å². The first-order valence-corrected chi connectivity index (χ1v) is 7.89. The molecule has 0 spiro atoms. The topological polar surface area (TPSA) is 60.2 Å². The molecule has 0 radical (unpaired) electrons. The lowest BCUT2D eigenvalue weighted by molar-refractivity contribution is 0.0518. The summed E-state index contributed by atoms with van der Waals surface area (Å²) >= 11 is 0. The van der Waals surface area contributed by atoms with Crippen molar-refractivity contribution in [1.82, 2.24) is 15.5 Å². The van der Waals surface area contributed by atoms with Gasteiger partial charge in [0.1, 0.15) is 6.10 Å². The third-order valence-electron chi connectivity index (χ3n) is 4.24. The van der Waals surface area contributed by atoms with Crippen molar-refractivity contribution in [3.63, 3.8) is 0 Å². The minimum Gasteiger partial charge on any atom is -0.370 e. The van der Waals surface area contributed by atoms with E-state index < -0.39 is 0 Å². The van der Waals surface area contributed by atoms with Crippen molar-refractivity contribution in [2.45, 2.75) is 64.5 Å². The molecule has 1 heterocycles. The van der Waals surface area contributed by atoms with Crippen LogP contribution in [0.3, 0.4) is 0 Å². The van der Waals surface area contributed by atoms with Crippen LogP contribution < -0.4 is 5.32 Å². The number of likely N-dealkylation sites (N-methyl/N-ethyl adjacent to an activating group) is 1. The maximum Gasteiger partial charge on any atom is 0.228 e. The number of rotatable bonds is 8. The highest BCUT2D eigenvalue weighted by atomic mass is 16.5. The minimum absolute atomic E-state index is 0.0444. The molecule has 1 fully saturated rings. The maximum atomic E-state index is 5.62. The van der Waals surface area contributed by atoms with E-state index in [2.05, 4.69) is 22.4 Å². The zero-order valence-electron chi connectivity index (χ0n) is 12.9. The van der Waals surface area contributed by atoms with Gasteiger partial charge in [-0.1, -0.05) is 24.9 Å². The zero-order valence-corrected chi connectivity index (χ0v) is 12.9. The van der Waals surface area contributed by atoms with Crippen LogP contribution in [0.5, 0.6) is 0 Å². The van der Waals surface area contributed by atoms with E-state index in [1.165, 1.54) is 25.7 Å². The quantitative estimate of drug-likeness (QED) is 0.794. The van der Waals surface area contributed by atoms with E-state index in [-0.39, 0.29) is 6.10 Å². The summed E-state index contributed by atoms with van der Waals surface area (Å²) in [5.41, 5.74) is 0. The Labute approximate surface area is 121 Å². The van der Waals surface area contributed by atoms with Crippen LogP contribution in [0, 0.1) is 5.92 Å². The third-order valence-corrected chi connectivity index (χ3v) is 4.24. The summed E-state index contributed by atoms with van der Waals surface area (Å²) in [6, 6.07) is 0.443.